The summed E-state index contributed by atoms with van der Waals surface area (Å²) in [6.07, 6.45) is 1.46. The second-order valence-corrected chi connectivity index (χ2v) is 6.86. The molecule has 0 aliphatic rings. The largest absolute Gasteiger partial charge is 0.354 e. The van der Waals surface area contributed by atoms with E-state index in [0.29, 0.717) is 5.15 Å². The van der Waals surface area contributed by atoms with Gasteiger partial charge in [-0.1, -0.05) is 11.6 Å². The Kier molecular flexibility index (Phi) is 4.41. The lowest BCUT2D eigenvalue weighted by Crippen LogP contribution is -2.18. The molecule has 0 fully saturated rings. The summed E-state index contributed by atoms with van der Waals surface area (Å²) in [4.78, 5) is 10.1. The van der Waals surface area contributed by atoms with E-state index in [4.69, 9.17) is 11.6 Å². The number of anilines is 1. The first kappa shape index (κ1) is 13.3. The molecule has 0 aliphatic carbocycles. The quantitative estimate of drug-likeness (QED) is 0.721. The molecule has 90 valence electrons. The minimum absolute atomic E-state index is 0.424. The standard InChI is InChI=1S/C10H8Br2ClN3S/c1-16(3-6-2-7(11)17-4-6)10-8(12)9(13)14-5-15-10/h2,4-5H,3H2,1H3. The Labute approximate surface area is 125 Å². The molecule has 0 amide bonds. The van der Waals surface area contributed by atoms with Gasteiger partial charge in [-0.05, 0) is 48.9 Å². The van der Waals surface area contributed by atoms with Gasteiger partial charge in [0.2, 0.25) is 0 Å². The SMILES string of the molecule is CN(Cc1csc(Br)c1)c1ncnc(Cl)c1Br. The molecule has 0 aromatic carbocycles. The van der Waals surface area contributed by atoms with E-state index >= 15 is 0 Å². The van der Waals surface area contributed by atoms with Crippen LogP contribution in [0, 0.1) is 0 Å². The number of hydrogen-bond acceptors (Lipinski definition) is 4. The van der Waals surface area contributed by atoms with E-state index in [9.17, 15) is 0 Å². The summed E-state index contributed by atoms with van der Waals surface area (Å²) >= 11 is 14.4. The molecule has 2 aromatic rings. The van der Waals surface area contributed by atoms with Gasteiger partial charge in [-0.25, -0.2) is 9.97 Å². The second kappa shape index (κ2) is 5.65. The van der Waals surface area contributed by atoms with Crippen LogP contribution in [0.4, 0.5) is 5.82 Å². The van der Waals surface area contributed by atoms with Gasteiger partial charge in [0.1, 0.15) is 17.3 Å². The maximum absolute atomic E-state index is 5.93. The molecule has 2 heterocycles. The third-order valence-corrected chi connectivity index (χ3v) is 4.93. The lowest BCUT2D eigenvalue weighted by molar-refractivity contribution is 0.889. The second-order valence-electron chi connectivity index (χ2n) is 3.42. The first-order chi connectivity index (χ1) is 8.08. The van der Waals surface area contributed by atoms with Gasteiger partial charge in [0.15, 0.2) is 0 Å². The molecule has 0 aliphatic heterocycles. The van der Waals surface area contributed by atoms with Crippen molar-refractivity contribution in [1.82, 2.24) is 9.97 Å². The maximum atomic E-state index is 5.93. The summed E-state index contributed by atoms with van der Waals surface area (Å²) in [5.41, 5.74) is 1.23. The molecule has 2 aromatic heterocycles. The highest BCUT2D eigenvalue weighted by Crippen LogP contribution is 2.30. The van der Waals surface area contributed by atoms with Crippen molar-refractivity contribution in [1.29, 1.82) is 0 Å². The average Bonchev–Trinajstić information content (AvgIpc) is 2.68. The number of aromatic nitrogens is 2. The molecule has 0 unspecified atom stereocenters. The molecule has 0 N–H and O–H groups in total. The highest BCUT2D eigenvalue weighted by molar-refractivity contribution is 9.11. The average molecular weight is 398 g/mol. The highest BCUT2D eigenvalue weighted by atomic mass is 79.9. The van der Waals surface area contributed by atoms with Crippen molar-refractivity contribution in [3.63, 3.8) is 0 Å². The van der Waals surface area contributed by atoms with E-state index < -0.39 is 0 Å². The minimum atomic E-state index is 0.424. The Bertz CT molecular complexity index is 532. The van der Waals surface area contributed by atoms with Crippen LogP contribution in [0.15, 0.2) is 26.0 Å². The van der Waals surface area contributed by atoms with Crippen LogP contribution in [-0.4, -0.2) is 17.0 Å². The third-order valence-electron chi connectivity index (χ3n) is 2.13. The van der Waals surface area contributed by atoms with Crippen molar-refractivity contribution in [2.75, 3.05) is 11.9 Å². The fourth-order valence-electron chi connectivity index (χ4n) is 1.38. The molecule has 0 bridgehead atoms. The molecule has 3 nitrogen and oxygen atoms in total. The first-order valence-electron chi connectivity index (χ1n) is 4.68. The number of nitrogens with zero attached hydrogens (tertiary/aromatic N) is 3. The Balaban J connectivity index is 2.20. The van der Waals surface area contributed by atoms with Gasteiger partial charge < -0.3 is 4.90 Å². The van der Waals surface area contributed by atoms with Gasteiger partial charge in [-0.2, -0.15) is 0 Å². The lowest BCUT2D eigenvalue weighted by atomic mass is 10.3. The highest BCUT2D eigenvalue weighted by Gasteiger charge is 2.12. The van der Waals surface area contributed by atoms with Crippen LogP contribution in [0.25, 0.3) is 0 Å². The van der Waals surface area contributed by atoms with E-state index in [1.165, 1.54) is 11.9 Å². The Morgan fingerprint density at radius 2 is 2.18 bits per heavy atom. The van der Waals surface area contributed by atoms with Crippen LogP contribution in [0.5, 0.6) is 0 Å². The van der Waals surface area contributed by atoms with E-state index in [1.54, 1.807) is 11.3 Å². The smallest absolute Gasteiger partial charge is 0.148 e. The van der Waals surface area contributed by atoms with Crippen molar-refractivity contribution >= 4 is 60.6 Å². The molecule has 7 heteroatoms. The Morgan fingerprint density at radius 1 is 1.41 bits per heavy atom. The van der Waals surface area contributed by atoms with Gasteiger partial charge in [0.05, 0.1) is 8.26 Å². The third kappa shape index (κ3) is 3.19. The van der Waals surface area contributed by atoms with E-state index in [1.807, 2.05) is 11.9 Å². The zero-order valence-corrected chi connectivity index (χ0v) is 13.6. The van der Waals surface area contributed by atoms with Crippen LogP contribution in [0.2, 0.25) is 5.15 Å². The van der Waals surface area contributed by atoms with Gasteiger partial charge in [-0.15, -0.1) is 11.3 Å². The number of rotatable bonds is 3. The van der Waals surface area contributed by atoms with E-state index in [2.05, 4.69) is 53.3 Å². The summed E-state index contributed by atoms with van der Waals surface area (Å²) < 4.78 is 1.85. The van der Waals surface area contributed by atoms with Crippen LogP contribution in [-0.2, 0) is 6.54 Å². The van der Waals surface area contributed by atoms with Crippen LogP contribution >= 0.6 is 54.8 Å². The molecule has 0 saturated carbocycles. The summed E-state index contributed by atoms with van der Waals surface area (Å²) in [6, 6.07) is 2.10. The van der Waals surface area contributed by atoms with Gasteiger partial charge in [0.25, 0.3) is 0 Å². The van der Waals surface area contributed by atoms with E-state index in [0.717, 1.165) is 20.6 Å². The predicted molar refractivity (Wildman–Crippen MR) is 78.9 cm³/mol. The Morgan fingerprint density at radius 3 is 2.82 bits per heavy atom. The monoisotopic (exact) mass is 395 g/mol. The molecule has 0 radical (unpaired) electrons. The molecule has 0 saturated heterocycles. The number of thiophene rings is 1. The van der Waals surface area contributed by atoms with E-state index in [-0.39, 0.29) is 0 Å². The van der Waals surface area contributed by atoms with Crippen LogP contribution in [0.3, 0.4) is 0 Å². The van der Waals surface area contributed by atoms with Gasteiger partial charge in [-0.3, -0.25) is 0 Å². The normalized spacial score (nSPS) is 10.6. The molecular formula is C10H8Br2ClN3S. The zero-order valence-electron chi connectivity index (χ0n) is 8.82. The lowest BCUT2D eigenvalue weighted by Gasteiger charge is -2.18. The number of hydrogen-bond donors (Lipinski definition) is 0. The summed E-state index contributed by atoms with van der Waals surface area (Å²) in [5.74, 6) is 0.785. The summed E-state index contributed by atoms with van der Waals surface area (Å²) in [7, 11) is 1.97. The Hall–Kier alpha value is -0.170. The van der Waals surface area contributed by atoms with Gasteiger partial charge >= 0.3 is 0 Å². The minimum Gasteiger partial charge on any atom is -0.354 e. The van der Waals surface area contributed by atoms with Crippen LogP contribution < -0.4 is 4.90 Å². The van der Waals surface area contributed by atoms with Crippen LogP contribution in [0.1, 0.15) is 5.56 Å². The molecule has 2 rings (SSSR count). The topological polar surface area (TPSA) is 29.0 Å². The zero-order chi connectivity index (χ0) is 12.4. The molecule has 0 atom stereocenters. The fourth-order valence-corrected chi connectivity index (χ4v) is 3.22. The fraction of sp³-hybridized carbons (Fsp3) is 0.200. The maximum Gasteiger partial charge on any atom is 0.148 e. The number of halogens is 3. The van der Waals surface area contributed by atoms with Crippen molar-refractivity contribution in [3.05, 3.63) is 36.7 Å². The molecule has 17 heavy (non-hydrogen) atoms. The first-order valence-corrected chi connectivity index (χ1v) is 7.52. The summed E-state index contributed by atoms with van der Waals surface area (Å²) in [5, 5.41) is 2.53. The van der Waals surface area contributed by atoms with Crippen molar-refractivity contribution < 1.29 is 0 Å². The summed E-state index contributed by atoms with van der Waals surface area (Å²) in [6.45, 7) is 0.772. The van der Waals surface area contributed by atoms with Crippen molar-refractivity contribution in [2.24, 2.45) is 0 Å². The van der Waals surface area contributed by atoms with Gasteiger partial charge in [0, 0.05) is 13.6 Å². The van der Waals surface area contributed by atoms with Crippen molar-refractivity contribution in [3.8, 4) is 0 Å². The van der Waals surface area contributed by atoms with Crippen molar-refractivity contribution in [2.45, 2.75) is 6.54 Å². The molecular weight excluding hydrogens is 389 g/mol. The predicted octanol–water partition coefficient (Wildman–Crippen LogP) is 4.35. The molecule has 0 spiro atoms.